The van der Waals surface area contributed by atoms with E-state index in [9.17, 15) is 0 Å². The topological polar surface area (TPSA) is 20.2 Å². The molecule has 1 N–H and O–H groups in total. The molecule has 0 heterocycles. The Morgan fingerprint density at radius 2 is 1.20 bits per heavy atom. The quantitative estimate of drug-likeness (QED) is 0.793. The van der Waals surface area contributed by atoms with E-state index in [1.165, 1.54) is 0 Å². The van der Waals surface area contributed by atoms with Crippen LogP contribution >= 0.6 is 11.6 Å². The first-order valence-electron chi connectivity index (χ1n) is 6.33. The highest BCUT2D eigenvalue weighted by molar-refractivity contribution is 6.17. The number of aliphatic hydroxyl groups excluding tert-OH is 1. The normalized spacial score (nSPS) is 9.30. The summed E-state index contributed by atoms with van der Waals surface area (Å²) < 4.78 is 0. The van der Waals surface area contributed by atoms with Gasteiger partial charge >= 0.3 is 0 Å². The van der Waals surface area contributed by atoms with Crippen molar-refractivity contribution >= 4 is 23.8 Å². The number of benzene rings is 2. The highest BCUT2D eigenvalue weighted by atomic mass is 35.5. The fourth-order valence-electron chi connectivity index (χ4n) is 1.50. The van der Waals surface area contributed by atoms with E-state index in [0.717, 1.165) is 22.3 Å². The Kier molecular flexibility index (Phi) is 7.41. The molecule has 0 amide bonds. The minimum atomic E-state index is 0.109. The summed E-state index contributed by atoms with van der Waals surface area (Å²) >= 11 is 5.60. The third kappa shape index (κ3) is 5.43. The van der Waals surface area contributed by atoms with E-state index < -0.39 is 0 Å². The lowest BCUT2D eigenvalue weighted by molar-refractivity contribution is 0.282. The smallest absolute Gasteiger partial charge is 0.0681 e. The van der Waals surface area contributed by atoms with Crippen molar-refractivity contribution in [2.75, 3.05) is 0 Å². The Balaban J connectivity index is 0.000000200. The molecule has 0 fully saturated rings. The third-order valence-electron chi connectivity index (χ3n) is 2.77. The van der Waals surface area contributed by atoms with Gasteiger partial charge in [0.25, 0.3) is 0 Å². The van der Waals surface area contributed by atoms with E-state index in [0.29, 0.717) is 5.88 Å². The summed E-state index contributed by atoms with van der Waals surface area (Å²) in [5.74, 6) is 0.581. The van der Waals surface area contributed by atoms with Gasteiger partial charge in [0, 0.05) is 5.88 Å². The van der Waals surface area contributed by atoms with Gasteiger partial charge in [-0.2, -0.15) is 0 Å². The van der Waals surface area contributed by atoms with Gasteiger partial charge in [0.1, 0.15) is 0 Å². The van der Waals surface area contributed by atoms with Crippen molar-refractivity contribution in [2.24, 2.45) is 0 Å². The lowest BCUT2D eigenvalue weighted by Gasteiger charge is -1.94. The van der Waals surface area contributed by atoms with Crippen LogP contribution in [0.2, 0.25) is 0 Å². The van der Waals surface area contributed by atoms with Gasteiger partial charge in [-0.3, -0.25) is 0 Å². The second kappa shape index (κ2) is 9.13. The molecular formula is C18H19ClO. The van der Waals surface area contributed by atoms with Crippen LogP contribution in [0.5, 0.6) is 0 Å². The SMILES string of the molecule is C=Cc1ccc(CCl)cc1.C=Cc1ccc(CO)cc1. The highest BCUT2D eigenvalue weighted by Gasteiger charge is 1.88. The monoisotopic (exact) mass is 286 g/mol. The average Bonchev–Trinajstić information content (AvgIpc) is 2.55. The predicted molar refractivity (Wildman–Crippen MR) is 88.5 cm³/mol. The first-order valence-corrected chi connectivity index (χ1v) is 6.86. The minimum Gasteiger partial charge on any atom is -0.392 e. The maximum atomic E-state index is 8.68. The van der Waals surface area contributed by atoms with Gasteiger partial charge in [0.15, 0.2) is 0 Å². The molecule has 0 aromatic heterocycles. The molecule has 0 aliphatic rings. The van der Waals surface area contributed by atoms with Crippen molar-refractivity contribution in [2.45, 2.75) is 12.5 Å². The van der Waals surface area contributed by atoms with Crippen molar-refractivity contribution in [1.82, 2.24) is 0 Å². The number of hydrogen-bond donors (Lipinski definition) is 1. The first-order chi connectivity index (χ1) is 9.73. The Bertz CT molecular complexity index is 475. The van der Waals surface area contributed by atoms with Crippen LogP contribution in [-0.2, 0) is 12.5 Å². The van der Waals surface area contributed by atoms with E-state index in [1.807, 2.05) is 54.6 Å². The fraction of sp³-hybridized carbons (Fsp3) is 0.111. The molecule has 0 bridgehead atoms. The summed E-state index contributed by atoms with van der Waals surface area (Å²) in [6, 6.07) is 15.6. The largest absolute Gasteiger partial charge is 0.392 e. The van der Waals surface area contributed by atoms with Crippen LogP contribution < -0.4 is 0 Å². The van der Waals surface area contributed by atoms with Crippen LogP contribution in [0, 0.1) is 0 Å². The molecule has 0 unspecified atom stereocenters. The maximum Gasteiger partial charge on any atom is 0.0681 e. The third-order valence-corrected chi connectivity index (χ3v) is 3.08. The number of hydrogen-bond acceptors (Lipinski definition) is 1. The van der Waals surface area contributed by atoms with Crippen molar-refractivity contribution in [1.29, 1.82) is 0 Å². The zero-order chi connectivity index (χ0) is 14.8. The number of alkyl halides is 1. The van der Waals surface area contributed by atoms with Crippen LogP contribution in [-0.4, -0.2) is 5.11 Å². The Morgan fingerprint density at radius 1 is 0.800 bits per heavy atom. The molecule has 0 aliphatic heterocycles. The van der Waals surface area contributed by atoms with Crippen LogP contribution in [0.4, 0.5) is 0 Å². The predicted octanol–water partition coefficient (Wildman–Crippen LogP) is 4.89. The van der Waals surface area contributed by atoms with E-state index >= 15 is 0 Å². The molecule has 1 nitrogen and oxygen atoms in total. The molecule has 2 rings (SSSR count). The summed E-state index contributed by atoms with van der Waals surface area (Å²) in [5, 5.41) is 8.68. The van der Waals surface area contributed by atoms with Gasteiger partial charge in [-0.25, -0.2) is 0 Å². The second-order valence-corrected chi connectivity index (χ2v) is 4.45. The van der Waals surface area contributed by atoms with Crippen molar-refractivity contribution in [3.63, 3.8) is 0 Å². The number of aliphatic hydroxyl groups is 1. The summed E-state index contributed by atoms with van der Waals surface area (Å²) in [6.07, 6.45) is 3.60. The van der Waals surface area contributed by atoms with Crippen LogP contribution in [0.25, 0.3) is 12.2 Å². The summed E-state index contributed by atoms with van der Waals surface area (Å²) in [7, 11) is 0. The zero-order valence-corrected chi connectivity index (χ0v) is 12.2. The van der Waals surface area contributed by atoms with Crippen molar-refractivity contribution in [3.8, 4) is 0 Å². The first kappa shape index (κ1) is 16.2. The Hall–Kier alpha value is -1.83. The average molecular weight is 287 g/mol. The van der Waals surface area contributed by atoms with Gasteiger partial charge in [-0.15, -0.1) is 11.6 Å². The molecule has 20 heavy (non-hydrogen) atoms. The van der Waals surface area contributed by atoms with Gasteiger partial charge in [0.05, 0.1) is 6.61 Å². The van der Waals surface area contributed by atoms with Crippen LogP contribution in [0.3, 0.4) is 0 Å². The van der Waals surface area contributed by atoms with E-state index in [-0.39, 0.29) is 6.61 Å². The molecular weight excluding hydrogens is 268 g/mol. The van der Waals surface area contributed by atoms with Crippen molar-refractivity contribution in [3.05, 3.63) is 83.9 Å². The van der Waals surface area contributed by atoms with Crippen LogP contribution in [0.1, 0.15) is 22.3 Å². The van der Waals surface area contributed by atoms with Crippen molar-refractivity contribution < 1.29 is 5.11 Å². The molecule has 2 aromatic carbocycles. The fourth-order valence-corrected chi connectivity index (χ4v) is 1.68. The molecule has 0 atom stereocenters. The zero-order valence-electron chi connectivity index (χ0n) is 11.4. The Morgan fingerprint density at radius 3 is 1.50 bits per heavy atom. The van der Waals surface area contributed by atoms with Crippen LogP contribution in [0.15, 0.2) is 61.7 Å². The lowest BCUT2D eigenvalue weighted by Crippen LogP contribution is -1.80. The summed E-state index contributed by atoms with van der Waals surface area (Å²) in [5.41, 5.74) is 4.30. The molecule has 0 saturated heterocycles. The molecule has 0 spiro atoms. The molecule has 2 heteroatoms. The Labute approximate surface area is 125 Å². The summed E-state index contributed by atoms with van der Waals surface area (Å²) in [4.78, 5) is 0. The highest BCUT2D eigenvalue weighted by Crippen LogP contribution is 2.07. The van der Waals surface area contributed by atoms with Gasteiger partial charge < -0.3 is 5.11 Å². The van der Waals surface area contributed by atoms with E-state index in [1.54, 1.807) is 6.08 Å². The molecule has 2 aromatic rings. The van der Waals surface area contributed by atoms with Gasteiger partial charge in [-0.1, -0.05) is 73.8 Å². The summed E-state index contributed by atoms with van der Waals surface area (Å²) in [6.45, 7) is 7.39. The lowest BCUT2D eigenvalue weighted by atomic mass is 10.1. The molecule has 104 valence electrons. The standard InChI is InChI=1S/C9H9Cl.C9H10O/c2*1-2-8-3-5-9(7-10)6-4-8/h2-6H,1,7H2;2-6,10H,1,7H2. The van der Waals surface area contributed by atoms with E-state index in [2.05, 4.69) is 13.2 Å². The molecule has 0 saturated carbocycles. The number of rotatable bonds is 4. The molecule has 0 radical (unpaired) electrons. The van der Waals surface area contributed by atoms with Gasteiger partial charge in [-0.05, 0) is 22.3 Å². The second-order valence-electron chi connectivity index (χ2n) is 4.18. The minimum absolute atomic E-state index is 0.109. The van der Waals surface area contributed by atoms with E-state index in [4.69, 9.17) is 16.7 Å². The van der Waals surface area contributed by atoms with Gasteiger partial charge in [0.2, 0.25) is 0 Å². The maximum absolute atomic E-state index is 8.68. The molecule has 0 aliphatic carbocycles. The number of halogens is 1.